The van der Waals surface area contributed by atoms with E-state index in [1.807, 2.05) is 7.05 Å². The van der Waals surface area contributed by atoms with Crippen molar-refractivity contribution in [1.29, 1.82) is 0 Å². The van der Waals surface area contributed by atoms with Crippen molar-refractivity contribution in [1.82, 2.24) is 15.5 Å². The third kappa shape index (κ3) is 7.80. The van der Waals surface area contributed by atoms with Crippen LogP contribution < -0.4 is 15.5 Å². The number of aliphatic imine (C=N–C) groups is 1. The van der Waals surface area contributed by atoms with E-state index in [4.69, 9.17) is 0 Å². The predicted octanol–water partition coefficient (Wildman–Crippen LogP) is 3.74. The highest BCUT2D eigenvalue weighted by atomic mass is 127. The van der Waals surface area contributed by atoms with E-state index >= 15 is 0 Å². The van der Waals surface area contributed by atoms with Crippen LogP contribution in [-0.4, -0.2) is 57.7 Å². The van der Waals surface area contributed by atoms with E-state index in [0.717, 1.165) is 51.4 Å². The Morgan fingerprint density at radius 3 is 2.27 bits per heavy atom. The number of halogens is 1. The number of likely N-dealkylation sites (tertiary alicyclic amines) is 1. The fraction of sp³-hybridized carbons (Fsp3) is 0.458. The second kappa shape index (κ2) is 12.8. The molecule has 6 heteroatoms. The van der Waals surface area contributed by atoms with Gasteiger partial charge in [0.05, 0.1) is 0 Å². The molecule has 1 saturated heterocycles. The summed E-state index contributed by atoms with van der Waals surface area (Å²) >= 11 is 0. The highest BCUT2D eigenvalue weighted by Crippen LogP contribution is 2.14. The number of benzene rings is 2. The molecule has 30 heavy (non-hydrogen) atoms. The van der Waals surface area contributed by atoms with Crippen LogP contribution in [0, 0.1) is 0 Å². The van der Waals surface area contributed by atoms with E-state index in [2.05, 4.69) is 94.1 Å². The Labute approximate surface area is 199 Å². The number of nitrogens with zero attached hydrogens (tertiary/aromatic N) is 3. The number of rotatable bonds is 7. The van der Waals surface area contributed by atoms with Gasteiger partial charge in [0.15, 0.2) is 5.96 Å². The van der Waals surface area contributed by atoms with Gasteiger partial charge in [-0.25, -0.2) is 0 Å². The summed E-state index contributed by atoms with van der Waals surface area (Å²) in [7, 11) is 5.99. The fourth-order valence-corrected chi connectivity index (χ4v) is 3.75. The molecule has 0 spiro atoms. The molecular formula is C24H36IN5. The normalized spacial score (nSPS) is 15.4. The molecule has 1 heterocycles. The molecule has 0 saturated carbocycles. The van der Waals surface area contributed by atoms with E-state index in [1.165, 1.54) is 16.8 Å². The van der Waals surface area contributed by atoms with Gasteiger partial charge in [-0.2, -0.15) is 0 Å². The first kappa shape index (κ1) is 24.5. The van der Waals surface area contributed by atoms with Gasteiger partial charge in [-0.3, -0.25) is 9.89 Å². The van der Waals surface area contributed by atoms with Gasteiger partial charge < -0.3 is 15.5 Å². The van der Waals surface area contributed by atoms with Crippen molar-refractivity contribution in [2.24, 2.45) is 4.99 Å². The smallest absolute Gasteiger partial charge is 0.191 e. The molecule has 3 rings (SSSR count). The summed E-state index contributed by atoms with van der Waals surface area (Å²) in [6.45, 7) is 4.19. The van der Waals surface area contributed by atoms with Crippen LogP contribution >= 0.6 is 24.0 Å². The van der Waals surface area contributed by atoms with Crippen LogP contribution in [0.2, 0.25) is 0 Å². The molecule has 0 atom stereocenters. The first-order valence-electron chi connectivity index (χ1n) is 10.6. The summed E-state index contributed by atoms with van der Waals surface area (Å²) in [6, 6.07) is 20.0. The minimum Gasteiger partial charge on any atom is -0.378 e. The molecule has 0 aromatic heterocycles. The number of nitrogens with one attached hydrogen (secondary N) is 2. The maximum Gasteiger partial charge on any atom is 0.191 e. The monoisotopic (exact) mass is 521 g/mol. The van der Waals surface area contributed by atoms with Crippen LogP contribution in [0.4, 0.5) is 5.69 Å². The summed E-state index contributed by atoms with van der Waals surface area (Å²) in [5, 5.41) is 7.07. The maximum absolute atomic E-state index is 4.41. The molecule has 2 aromatic carbocycles. The lowest BCUT2D eigenvalue weighted by Crippen LogP contribution is -2.48. The summed E-state index contributed by atoms with van der Waals surface area (Å²) in [6.07, 6.45) is 3.29. The second-order valence-electron chi connectivity index (χ2n) is 7.99. The van der Waals surface area contributed by atoms with Crippen LogP contribution in [0.25, 0.3) is 0 Å². The van der Waals surface area contributed by atoms with Gasteiger partial charge in [0.2, 0.25) is 0 Å². The molecule has 0 aliphatic carbocycles. The van der Waals surface area contributed by atoms with Crippen molar-refractivity contribution in [2.75, 3.05) is 45.7 Å². The van der Waals surface area contributed by atoms with Crippen molar-refractivity contribution in [3.05, 3.63) is 65.7 Å². The minimum atomic E-state index is 0. The number of hydrogen-bond acceptors (Lipinski definition) is 3. The zero-order valence-corrected chi connectivity index (χ0v) is 20.8. The number of anilines is 1. The predicted molar refractivity (Wildman–Crippen MR) is 139 cm³/mol. The third-order valence-corrected chi connectivity index (χ3v) is 5.56. The third-order valence-electron chi connectivity index (χ3n) is 5.56. The molecule has 1 aliphatic heterocycles. The summed E-state index contributed by atoms with van der Waals surface area (Å²) < 4.78 is 0. The van der Waals surface area contributed by atoms with Gasteiger partial charge in [0.25, 0.3) is 0 Å². The number of hydrogen-bond donors (Lipinski definition) is 2. The minimum absolute atomic E-state index is 0. The van der Waals surface area contributed by atoms with Gasteiger partial charge in [-0.05, 0) is 42.5 Å². The second-order valence-corrected chi connectivity index (χ2v) is 7.99. The van der Waals surface area contributed by atoms with E-state index < -0.39 is 0 Å². The van der Waals surface area contributed by atoms with Gasteiger partial charge in [-0.1, -0.05) is 42.5 Å². The van der Waals surface area contributed by atoms with Crippen molar-refractivity contribution in [2.45, 2.75) is 31.8 Å². The molecule has 5 nitrogen and oxygen atoms in total. The van der Waals surface area contributed by atoms with E-state index in [0.29, 0.717) is 6.04 Å². The first-order valence-corrected chi connectivity index (χ1v) is 10.6. The molecular weight excluding hydrogens is 485 g/mol. The zero-order chi connectivity index (χ0) is 20.5. The molecule has 0 unspecified atom stereocenters. The molecule has 2 aromatic rings. The molecule has 0 bridgehead atoms. The van der Waals surface area contributed by atoms with Crippen LogP contribution in [-0.2, 0) is 13.0 Å². The van der Waals surface area contributed by atoms with Crippen LogP contribution in [0.3, 0.4) is 0 Å². The summed E-state index contributed by atoms with van der Waals surface area (Å²) in [4.78, 5) is 9.08. The highest BCUT2D eigenvalue weighted by molar-refractivity contribution is 14.0. The Kier molecular flexibility index (Phi) is 10.4. The zero-order valence-electron chi connectivity index (χ0n) is 18.5. The average molecular weight is 521 g/mol. The highest BCUT2D eigenvalue weighted by Gasteiger charge is 2.19. The summed E-state index contributed by atoms with van der Waals surface area (Å²) in [5.74, 6) is 0.913. The molecule has 0 amide bonds. The van der Waals surface area contributed by atoms with Crippen LogP contribution in [0.5, 0.6) is 0 Å². The first-order chi connectivity index (χ1) is 14.1. The van der Waals surface area contributed by atoms with Crippen LogP contribution in [0.15, 0.2) is 59.6 Å². The topological polar surface area (TPSA) is 42.9 Å². The van der Waals surface area contributed by atoms with Crippen molar-refractivity contribution < 1.29 is 0 Å². The van der Waals surface area contributed by atoms with Gasteiger partial charge in [-0.15, -0.1) is 24.0 Å². The van der Waals surface area contributed by atoms with Crippen molar-refractivity contribution in [3.63, 3.8) is 0 Å². The fourth-order valence-electron chi connectivity index (χ4n) is 3.75. The Hall–Kier alpha value is -1.80. The average Bonchev–Trinajstić information content (AvgIpc) is 2.75. The van der Waals surface area contributed by atoms with Crippen molar-refractivity contribution in [3.8, 4) is 0 Å². The lowest BCUT2D eigenvalue weighted by atomic mass is 10.0. The SMILES string of the molecule is CN=C(NCCc1ccc(N(C)C)cc1)NC1CCN(Cc2ccccc2)CC1.I. The van der Waals surface area contributed by atoms with Gasteiger partial charge in [0, 0.05) is 59.1 Å². The largest absolute Gasteiger partial charge is 0.378 e. The quantitative estimate of drug-likeness (QED) is 0.331. The molecule has 1 fully saturated rings. The lowest BCUT2D eigenvalue weighted by molar-refractivity contribution is 0.198. The van der Waals surface area contributed by atoms with Gasteiger partial charge >= 0.3 is 0 Å². The van der Waals surface area contributed by atoms with Gasteiger partial charge in [0.1, 0.15) is 0 Å². The molecule has 0 radical (unpaired) electrons. The standard InChI is InChI=1S/C24H35N5.HI/c1-25-24(26-16-13-20-9-11-23(12-10-20)28(2)3)27-22-14-17-29(18-15-22)19-21-7-5-4-6-8-21;/h4-12,22H,13-19H2,1-3H3,(H2,25,26,27);1H. The van der Waals surface area contributed by atoms with Crippen LogP contribution in [0.1, 0.15) is 24.0 Å². The van der Waals surface area contributed by atoms with E-state index in [-0.39, 0.29) is 24.0 Å². The Bertz CT molecular complexity index is 753. The Morgan fingerprint density at radius 2 is 1.67 bits per heavy atom. The van der Waals surface area contributed by atoms with E-state index in [1.54, 1.807) is 0 Å². The lowest BCUT2D eigenvalue weighted by Gasteiger charge is -2.33. The number of piperidine rings is 1. The molecule has 2 N–H and O–H groups in total. The van der Waals surface area contributed by atoms with E-state index in [9.17, 15) is 0 Å². The Morgan fingerprint density at radius 1 is 1.00 bits per heavy atom. The Balaban J connectivity index is 0.00000320. The summed E-state index contributed by atoms with van der Waals surface area (Å²) in [5.41, 5.74) is 3.97. The molecule has 164 valence electrons. The molecule has 1 aliphatic rings. The van der Waals surface area contributed by atoms with Crippen molar-refractivity contribution >= 4 is 35.6 Å². The number of guanidine groups is 1. The maximum atomic E-state index is 4.41.